The van der Waals surface area contributed by atoms with Crippen molar-refractivity contribution in [2.45, 2.75) is 26.2 Å². The van der Waals surface area contributed by atoms with Crippen LogP contribution in [0.25, 0.3) is 0 Å². The molecule has 0 aliphatic carbocycles. The standard InChI is InChI=1S/C8H16N/c1-2-9-7-5-3-4-6-8-9/h3H,2,4-8H2,1H3. The van der Waals surface area contributed by atoms with Gasteiger partial charge in [-0.3, -0.25) is 0 Å². The topological polar surface area (TPSA) is 3.24 Å². The Hall–Kier alpha value is -0.0400. The quantitative estimate of drug-likeness (QED) is 0.517. The second kappa shape index (κ2) is 3.89. The van der Waals surface area contributed by atoms with Crippen LogP contribution in [0.4, 0.5) is 0 Å². The van der Waals surface area contributed by atoms with Gasteiger partial charge in [0, 0.05) is 0 Å². The lowest BCUT2D eigenvalue weighted by atomic mass is 10.2. The van der Waals surface area contributed by atoms with Crippen LogP contribution in [-0.2, 0) is 0 Å². The van der Waals surface area contributed by atoms with Gasteiger partial charge in [-0.05, 0) is 45.3 Å². The van der Waals surface area contributed by atoms with Crippen molar-refractivity contribution < 1.29 is 0 Å². The van der Waals surface area contributed by atoms with E-state index in [4.69, 9.17) is 0 Å². The Balaban J connectivity index is 2.18. The highest BCUT2D eigenvalue weighted by Gasteiger charge is 2.04. The van der Waals surface area contributed by atoms with Crippen molar-refractivity contribution in [2.75, 3.05) is 19.6 Å². The van der Waals surface area contributed by atoms with E-state index in [1.807, 2.05) is 0 Å². The molecule has 1 aliphatic heterocycles. The Morgan fingerprint density at radius 1 is 1.33 bits per heavy atom. The molecule has 0 unspecified atom stereocenters. The van der Waals surface area contributed by atoms with Gasteiger partial charge in [0.25, 0.3) is 0 Å². The van der Waals surface area contributed by atoms with Crippen LogP contribution in [0.3, 0.4) is 0 Å². The molecule has 1 nitrogen and oxygen atoms in total. The molecular formula is C8H16N. The van der Waals surface area contributed by atoms with Crippen molar-refractivity contribution in [1.29, 1.82) is 0 Å². The first-order valence-electron chi connectivity index (χ1n) is 3.97. The van der Waals surface area contributed by atoms with E-state index in [1.165, 1.54) is 38.9 Å². The predicted octanol–water partition coefficient (Wildman–Crippen LogP) is 1.70. The second-order valence-corrected chi connectivity index (χ2v) is 2.65. The summed E-state index contributed by atoms with van der Waals surface area (Å²) in [5.41, 5.74) is 0. The summed E-state index contributed by atoms with van der Waals surface area (Å²) in [6, 6.07) is 0. The molecule has 0 aromatic heterocycles. The van der Waals surface area contributed by atoms with Crippen LogP contribution in [0.1, 0.15) is 26.2 Å². The molecule has 0 aromatic carbocycles. The van der Waals surface area contributed by atoms with Gasteiger partial charge in [-0.2, -0.15) is 0 Å². The van der Waals surface area contributed by atoms with Crippen molar-refractivity contribution in [2.24, 2.45) is 0 Å². The summed E-state index contributed by atoms with van der Waals surface area (Å²) in [6.07, 6.45) is 6.41. The highest BCUT2D eigenvalue weighted by Crippen LogP contribution is 2.07. The van der Waals surface area contributed by atoms with Crippen LogP contribution in [0.2, 0.25) is 0 Å². The molecule has 0 spiro atoms. The summed E-state index contributed by atoms with van der Waals surface area (Å²) in [7, 11) is 0. The van der Waals surface area contributed by atoms with Gasteiger partial charge in [0.2, 0.25) is 0 Å². The minimum absolute atomic E-state index is 1.23. The molecule has 0 amide bonds. The minimum Gasteiger partial charge on any atom is -0.304 e. The average molecular weight is 126 g/mol. The molecule has 9 heavy (non-hydrogen) atoms. The van der Waals surface area contributed by atoms with Crippen molar-refractivity contribution >= 4 is 0 Å². The first-order chi connectivity index (χ1) is 4.43. The molecule has 1 saturated heterocycles. The zero-order valence-corrected chi connectivity index (χ0v) is 6.27. The van der Waals surface area contributed by atoms with E-state index in [9.17, 15) is 0 Å². The average Bonchev–Trinajstić information content (AvgIpc) is 2.13. The van der Waals surface area contributed by atoms with E-state index in [0.717, 1.165) is 0 Å². The fourth-order valence-corrected chi connectivity index (χ4v) is 1.31. The van der Waals surface area contributed by atoms with Gasteiger partial charge in [0.1, 0.15) is 0 Å². The number of hydrogen-bond donors (Lipinski definition) is 0. The summed E-state index contributed by atoms with van der Waals surface area (Å²) in [5, 5.41) is 0. The molecule has 1 heteroatoms. The third-order valence-corrected chi connectivity index (χ3v) is 1.98. The lowest BCUT2D eigenvalue weighted by Crippen LogP contribution is -2.23. The van der Waals surface area contributed by atoms with Crippen LogP contribution >= 0.6 is 0 Å². The van der Waals surface area contributed by atoms with E-state index in [0.29, 0.717) is 0 Å². The first-order valence-corrected chi connectivity index (χ1v) is 3.97. The fourth-order valence-electron chi connectivity index (χ4n) is 1.31. The summed E-state index contributed by atoms with van der Waals surface area (Å²) < 4.78 is 0. The molecule has 0 aromatic rings. The van der Waals surface area contributed by atoms with E-state index < -0.39 is 0 Å². The van der Waals surface area contributed by atoms with E-state index >= 15 is 0 Å². The third-order valence-electron chi connectivity index (χ3n) is 1.98. The SMILES string of the molecule is CCN1CC[CH]CCC1. The highest BCUT2D eigenvalue weighted by atomic mass is 15.1. The molecule has 1 rings (SSSR count). The van der Waals surface area contributed by atoms with Crippen molar-refractivity contribution in [3.05, 3.63) is 6.42 Å². The number of rotatable bonds is 1. The van der Waals surface area contributed by atoms with Crippen LogP contribution in [0, 0.1) is 6.42 Å². The van der Waals surface area contributed by atoms with Gasteiger partial charge < -0.3 is 4.90 Å². The molecule has 0 N–H and O–H groups in total. The fraction of sp³-hybridized carbons (Fsp3) is 0.875. The smallest absolute Gasteiger partial charge is 0.00161 e. The van der Waals surface area contributed by atoms with Gasteiger partial charge in [-0.1, -0.05) is 6.92 Å². The van der Waals surface area contributed by atoms with Crippen LogP contribution in [-0.4, -0.2) is 24.5 Å². The number of nitrogens with zero attached hydrogens (tertiary/aromatic N) is 1. The summed E-state index contributed by atoms with van der Waals surface area (Å²) in [5.74, 6) is 0. The molecule has 1 fully saturated rings. The molecular weight excluding hydrogens is 110 g/mol. The zero-order valence-electron chi connectivity index (χ0n) is 6.27. The van der Waals surface area contributed by atoms with Crippen molar-refractivity contribution in [1.82, 2.24) is 4.90 Å². The maximum atomic E-state index is 2.52. The summed E-state index contributed by atoms with van der Waals surface area (Å²) in [4.78, 5) is 2.52. The van der Waals surface area contributed by atoms with Crippen LogP contribution in [0.5, 0.6) is 0 Å². The highest BCUT2D eigenvalue weighted by molar-refractivity contribution is 4.72. The Kier molecular flexibility index (Phi) is 3.05. The molecule has 1 aliphatic rings. The Labute approximate surface area is 58.0 Å². The minimum atomic E-state index is 1.23. The van der Waals surface area contributed by atoms with Gasteiger partial charge in [-0.25, -0.2) is 0 Å². The first kappa shape index (κ1) is 7.07. The predicted molar refractivity (Wildman–Crippen MR) is 40.3 cm³/mol. The molecule has 1 radical (unpaired) electrons. The Morgan fingerprint density at radius 3 is 3.00 bits per heavy atom. The van der Waals surface area contributed by atoms with Crippen molar-refractivity contribution in [3.63, 3.8) is 0 Å². The molecule has 0 saturated carbocycles. The molecule has 53 valence electrons. The number of likely N-dealkylation sites (tertiary alicyclic amines) is 1. The van der Waals surface area contributed by atoms with E-state index in [2.05, 4.69) is 18.2 Å². The maximum Gasteiger partial charge on any atom is -0.00161 e. The van der Waals surface area contributed by atoms with Crippen molar-refractivity contribution in [3.8, 4) is 0 Å². The van der Waals surface area contributed by atoms with Gasteiger partial charge in [0.15, 0.2) is 0 Å². The molecule has 1 heterocycles. The Bertz CT molecular complexity index is 63.0. The second-order valence-electron chi connectivity index (χ2n) is 2.65. The van der Waals surface area contributed by atoms with E-state index in [-0.39, 0.29) is 0 Å². The maximum absolute atomic E-state index is 2.52. The summed E-state index contributed by atoms with van der Waals surface area (Å²) >= 11 is 0. The lowest BCUT2D eigenvalue weighted by Gasteiger charge is -2.15. The zero-order chi connectivity index (χ0) is 6.53. The van der Waals surface area contributed by atoms with Crippen LogP contribution in [0.15, 0.2) is 0 Å². The monoisotopic (exact) mass is 126 g/mol. The normalized spacial score (nSPS) is 23.7. The largest absolute Gasteiger partial charge is 0.304 e. The van der Waals surface area contributed by atoms with Gasteiger partial charge in [-0.15, -0.1) is 0 Å². The van der Waals surface area contributed by atoms with Crippen LogP contribution < -0.4 is 0 Å². The van der Waals surface area contributed by atoms with E-state index in [1.54, 1.807) is 0 Å². The third kappa shape index (κ3) is 2.35. The molecule has 0 atom stereocenters. The molecule has 0 bridgehead atoms. The Morgan fingerprint density at radius 2 is 2.22 bits per heavy atom. The summed E-state index contributed by atoms with van der Waals surface area (Å²) in [6.45, 7) is 6.07. The number of hydrogen-bond acceptors (Lipinski definition) is 1. The van der Waals surface area contributed by atoms with Gasteiger partial charge in [0.05, 0.1) is 0 Å². The lowest BCUT2D eigenvalue weighted by molar-refractivity contribution is 0.302. The van der Waals surface area contributed by atoms with Gasteiger partial charge >= 0.3 is 0 Å².